The van der Waals surface area contributed by atoms with Crippen LogP contribution in [-0.2, 0) is 5.60 Å². The topological polar surface area (TPSA) is 23.5 Å². The highest BCUT2D eigenvalue weighted by atomic mass is 16.3. The lowest BCUT2D eigenvalue weighted by atomic mass is 9.94. The van der Waals surface area contributed by atoms with Gasteiger partial charge in [0.25, 0.3) is 0 Å². The first kappa shape index (κ1) is 14.2. The SMILES string of the molecule is CC(C)C(C)N(C)CC(C)(O)c1ccccc1. The summed E-state index contributed by atoms with van der Waals surface area (Å²) in [6.45, 7) is 9.14. The van der Waals surface area contributed by atoms with Crippen molar-refractivity contribution in [2.75, 3.05) is 13.6 Å². The third-order valence-electron chi connectivity index (χ3n) is 3.61. The number of likely N-dealkylation sites (N-methyl/N-ethyl adjacent to an activating group) is 1. The zero-order valence-electron chi connectivity index (χ0n) is 11.6. The van der Waals surface area contributed by atoms with Crippen LogP contribution in [0, 0.1) is 5.92 Å². The van der Waals surface area contributed by atoms with E-state index >= 15 is 0 Å². The number of benzene rings is 1. The van der Waals surface area contributed by atoms with Crippen molar-refractivity contribution in [3.05, 3.63) is 35.9 Å². The second kappa shape index (κ2) is 5.65. The highest BCUT2D eigenvalue weighted by molar-refractivity contribution is 5.21. The number of hydrogen-bond acceptors (Lipinski definition) is 2. The van der Waals surface area contributed by atoms with Gasteiger partial charge in [0, 0.05) is 12.6 Å². The van der Waals surface area contributed by atoms with E-state index in [1.54, 1.807) is 0 Å². The molecule has 0 spiro atoms. The summed E-state index contributed by atoms with van der Waals surface area (Å²) in [6.07, 6.45) is 0. The molecule has 0 radical (unpaired) electrons. The average molecular weight is 235 g/mol. The Morgan fingerprint density at radius 3 is 2.18 bits per heavy atom. The first-order chi connectivity index (χ1) is 7.84. The molecule has 1 rings (SSSR count). The molecule has 2 unspecified atom stereocenters. The van der Waals surface area contributed by atoms with Crippen LogP contribution in [0.4, 0.5) is 0 Å². The molecule has 0 aliphatic heterocycles. The van der Waals surface area contributed by atoms with Gasteiger partial charge in [-0.05, 0) is 32.4 Å². The molecule has 0 aromatic heterocycles. The molecule has 0 heterocycles. The van der Waals surface area contributed by atoms with E-state index in [9.17, 15) is 5.11 Å². The van der Waals surface area contributed by atoms with Gasteiger partial charge in [-0.1, -0.05) is 44.2 Å². The Kier molecular flexibility index (Phi) is 4.72. The Balaban J connectivity index is 2.73. The van der Waals surface area contributed by atoms with Gasteiger partial charge in [0.15, 0.2) is 0 Å². The second-order valence-corrected chi connectivity index (χ2v) is 5.54. The quantitative estimate of drug-likeness (QED) is 0.848. The fourth-order valence-electron chi connectivity index (χ4n) is 2.03. The molecule has 0 saturated carbocycles. The minimum absolute atomic E-state index is 0.463. The molecule has 0 fully saturated rings. The van der Waals surface area contributed by atoms with Crippen LogP contribution in [0.3, 0.4) is 0 Å². The molecule has 96 valence electrons. The highest BCUT2D eigenvalue weighted by Gasteiger charge is 2.27. The van der Waals surface area contributed by atoms with Crippen molar-refractivity contribution in [2.45, 2.75) is 39.3 Å². The average Bonchev–Trinajstić information content (AvgIpc) is 2.28. The van der Waals surface area contributed by atoms with Gasteiger partial charge in [-0.15, -0.1) is 0 Å². The number of rotatable bonds is 5. The van der Waals surface area contributed by atoms with E-state index in [0.717, 1.165) is 5.56 Å². The van der Waals surface area contributed by atoms with Crippen molar-refractivity contribution in [1.29, 1.82) is 0 Å². The number of hydrogen-bond donors (Lipinski definition) is 1. The number of aliphatic hydroxyl groups is 1. The third kappa shape index (κ3) is 3.83. The molecule has 2 nitrogen and oxygen atoms in total. The standard InChI is InChI=1S/C15H25NO/c1-12(2)13(3)16(5)11-15(4,17)14-9-7-6-8-10-14/h6-10,12-13,17H,11H2,1-5H3. The maximum atomic E-state index is 10.5. The van der Waals surface area contributed by atoms with Gasteiger partial charge < -0.3 is 10.0 Å². The summed E-state index contributed by atoms with van der Waals surface area (Å²) < 4.78 is 0. The molecule has 0 aliphatic carbocycles. The summed E-state index contributed by atoms with van der Waals surface area (Å²) in [5, 5.41) is 10.5. The second-order valence-electron chi connectivity index (χ2n) is 5.54. The monoisotopic (exact) mass is 235 g/mol. The van der Waals surface area contributed by atoms with Crippen LogP contribution in [-0.4, -0.2) is 29.6 Å². The Hall–Kier alpha value is -0.860. The zero-order chi connectivity index (χ0) is 13.1. The Morgan fingerprint density at radius 1 is 1.18 bits per heavy atom. The maximum absolute atomic E-state index is 10.5. The van der Waals surface area contributed by atoms with Crippen molar-refractivity contribution in [1.82, 2.24) is 4.90 Å². The molecule has 0 saturated heterocycles. The van der Waals surface area contributed by atoms with Crippen molar-refractivity contribution in [3.63, 3.8) is 0 Å². The normalized spacial score (nSPS) is 17.2. The van der Waals surface area contributed by atoms with Crippen molar-refractivity contribution in [2.24, 2.45) is 5.92 Å². The minimum atomic E-state index is -0.792. The molecule has 0 amide bonds. The molecule has 2 heteroatoms. The van der Waals surface area contributed by atoms with Gasteiger partial charge in [-0.3, -0.25) is 0 Å². The zero-order valence-corrected chi connectivity index (χ0v) is 11.6. The Labute approximate surface area is 105 Å². The predicted octanol–water partition coefficient (Wildman–Crippen LogP) is 2.87. The molecule has 1 aromatic carbocycles. The van der Waals surface area contributed by atoms with Crippen LogP contribution in [0.2, 0.25) is 0 Å². The minimum Gasteiger partial charge on any atom is -0.384 e. The van der Waals surface area contributed by atoms with Gasteiger partial charge in [0.2, 0.25) is 0 Å². The van der Waals surface area contributed by atoms with E-state index in [2.05, 4.69) is 32.7 Å². The van der Waals surface area contributed by atoms with E-state index < -0.39 is 5.60 Å². The van der Waals surface area contributed by atoms with Crippen molar-refractivity contribution >= 4 is 0 Å². The maximum Gasteiger partial charge on any atom is 0.0994 e. The Bertz CT molecular complexity index is 332. The molecule has 17 heavy (non-hydrogen) atoms. The summed E-state index contributed by atoms with van der Waals surface area (Å²) in [5.41, 5.74) is 0.182. The summed E-state index contributed by atoms with van der Waals surface area (Å²) in [6, 6.07) is 10.3. The van der Waals surface area contributed by atoms with Crippen LogP contribution in [0.1, 0.15) is 33.3 Å². The molecule has 2 atom stereocenters. The summed E-state index contributed by atoms with van der Waals surface area (Å²) in [5.74, 6) is 0.589. The van der Waals surface area contributed by atoms with Gasteiger partial charge >= 0.3 is 0 Å². The summed E-state index contributed by atoms with van der Waals surface area (Å²) in [7, 11) is 2.07. The molecule has 1 aromatic rings. The van der Waals surface area contributed by atoms with E-state index in [0.29, 0.717) is 18.5 Å². The predicted molar refractivity (Wildman–Crippen MR) is 72.9 cm³/mol. The highest BCUT2D eigenvalue weighted by Crippen LogP contribution is 2.22. The van der Waals surface area contributed by atoms with E-state index in [-0.39, 0.29) is 0 Å². The fourth-order valence-corrected chi connectivity index (χ4v) is 2.03. The lowest BCUT2D eigenvalue weighted by Gasteiger charge is -2.34. The van der Waals surface area contributed by atoms with Gasteiger partial charge in [0.1, 0.15) is 0 Å². The van der Waals surface area contributed by atoms with Crippen molar-refractivity contribution in [3.8, 4) is 0 Å². The van der Waals surface area contributed by atoms with Crippen LogP contribution >= 0.6 is 0 Å². The lowest BCUT2D eigenvalue weighted by molar-refractivity contribution is 0.00789. The van der Waals surface area contributed by atoms with Crippen LogP contribution in [0.15, 0.2) is 30.3 Å². The van der Waals surface area contributed by atoms with Crippen LogP contribution in [0.25, 0.3) is 0 Å². The fraction of sp³-hybridized carbons (Fsp3) is 0.600. The van der Waals surface area contributed by atoms with E-state index in [1.165, 1.54) is 0 Å². The van der Waals surface area contributed by atoms with E-state index in [4.69, 9.17) is 0 Å². The largest absolute Gasteiger partial charge is 0.384 e. The lowest BCUT2D eigenvalue weighted by Crippen LogP contribution is -2.43. The van der Waals surface area contributed by atoms with Crippen LogP contribution < -0.4 is 0 Å². The molecular weight excluding hydrogens is 210 g/mol. The van der Waals surface area contributed by atoms with Gasteiger partial charge in [-0.25, -0.2) is 0 Å². The van der Waals surface area contributed by atoms with Gasteiger partial charge in [-0.2, -0.15) is 0 Å². The number of nitrogens with zero attached hydrogens (tertiary/aromatic N) is 1. The third-order valence-corrected chi connectivity index (χ3v) is 3.61. The first-order valence-corrected chi connectivity index (χ1v) is 6.32. The van der Waals surface area contributed by atoms with Gasteiger partial charge in [0.05, 0.1) is 5.60 Å². The summed E-state index contributed by atoms with van der Waals surface area (Å²) >= 11 is 0. The summed E-state index contributed by atoms with van der Waals surface area (Å²) in [4.78, 5) is 2.22. The molecule has 1 N–H and O–H groups in total. The Morgan fingerprint density at radius 2 is 1.71 bits per heavy atom. The molecule has 0 aliphatic rings. The molecular formula is C15H25NO. The van der Waals surface area contributed by atoms with Crippen LogP contribution in [0.5, 0.6) is 0 Å². The first-order valence-electron chi connectivity index (χ1n) is 6.32. The smallest absolute Gasteiger partial charge is 0.0994 e. The van der Waals surface area contributed by atoms with E-state index in [1.807, 2.05) is 37.3 Å². The molecule has 0 bridgehead atoms. The van der Waals surface area contributed by atoms with Crippen molar-refractivity contribution < 1.29 is 5.11 Å².